The molecule has 1 N–H and O–H groups in total. The summed E-state index contributed by atoms with van der Waals surface area (Å²) in [6.07, 6.45) is 0. The average Bonchev–Trinajstić information content (AvgIpc) is 2.85. The molecule has 3 rings (SSSR count). The van der Waals surface area contributed by atoms with E-state index in [4.69, 9.17) is 9.47 Å². The molecule has 0 amide bonds. The van der Waals surface area contributed by atoms with E-state index in [0.717, 1.165) is 11.8 Å². The summed E-state index contributed by atoms with van der Waals surface area (Å²) < 4.78 is 36.7. The molecule has 0 saturated carbocycles. The fourth-order valence-corrected chi connectivity index (χ4v) is 1.87. The molecule has 5 heteroatoms. The molecule has 19 heavy (non-hydrogen) atoms. The van der Waals surface area contributed by atoms with E-state index in [9.17, 15) is 8.78 Å². The minimum atomic E-state index is -0.579. The molecule has 1 aliphatic heterocycles. The molecule has 0 aromatic heterocycles. The monoisotopic (exact) mass is 263 g/mol. The van der Waals surface area contributed by atoms with Crippen LogP contribution >= 0.6 is 0 Å². The number of fused-ring (bicyclic) bond motifs is 1. The second-order valence-corrected chi connectivity index (χ2v) is 4.16. The molecule has 0 atom stereocenters. The smallest absolute Gasteiger partial charge is 0.231 e. The Morgan fingerprint density at radius 1 is 1.00 bits per heavy atom. The zero-order valence-electron chi connectivity index (χ0n) is 9.95. The maximum absolute atomic E-state index is 13.4. The molecule has 0 spiro atoms. The molecular formula is C14H11F2NO2. The SMILES string of the molecule is Fc1ccc(CNc2ccc3c(c2)OCO3)c(F)c1. The van der Waals surface area contributed by atoms with E-state index < -0.39 is 11.6 Å². The van der Waals surface area contributed by atoms with Crippen molar-refractivity contribution in [2.75, 3.05) is 12.1 Å². The molecule has 2 aromatic rings. The van der Waals surface area contributed by atoms with Gasteiger partial charge in [-0.15, -0.1) is 0 Å². The summed E-state index contributed by atoms with van der Waals surface area (Å²) in [5, 5.41) is 3.05. The van der Waals surface area contributed by atoms with Crippen molar-refractivity contribution in [3.05, 3.63) is 53.6 Å². The number of rotatable bonds is 3. The van der Waals surface area contributed by atoms with E-state index in [1.807, 2.05) is 6.07 Å². The lowest BCUT2D eigenvalue weighted by atomic mass is 10.2. The molecule has 0 fully saturated rings. The minimum Gasteiger partial charge on any atom is -0.454 e. The van der Waals surface area contributed by atoms with Gasteiger partial charge in [0, 0.05) is 29.9 Å². The first-order valence-corrected chi connectivity index (χ1v) is 5.80. The van der Waals surface area contributed by atoms with Gasteiger partial charge >= 0.3 is 0 Å². The quantitative estimate of drug-likeness (QED) is 0.921. The predicted octanol–water partition coefficient (Wildman–Crippen LogP) is 3.31. The number of nitrogens with one attached hydrogen (secondary N) is 1. The van der Waals surface area contributed by atoms with E-state index in [1.54, 1.807) is 12.1 Å². The molecule has 98 valence electrons. The van der Waals surface area contributed by atoms with E-state index in [2.05, 4.69) is 5.32 Å². The third kappa shape index (κ3) is 2.45. The van der Waals surface area contributed by atoms with Gasteiger partial charge in [0.05, 0.1) is 0 Å². The van der Waals surface area contributed by atoms with Crippen LogP contribution in [0.2, 0.25) is 0 Å². The van der Waals surface area contributed by atoms with Gasteiger partial charge in [0.15, 0.2) is 11.5 Å². The normalized spacial score (nSPS) is 12.5. The molecular weight excluding hydrogens is 252 g/mol. The van der Waals surface area contributed by atoms with Crippen molar-refractivity contribution >= 4 is 5.69 Å². The standard InChI is InChI=1S/C14H11F2NO2/c15-10-2-1-9(12(16)5-10)7-17-11-3-4-13-14(6-11)19-8-18-13/h1-6,17H,7-8H2. The van der Waals surface area contributed by atoms with E-state index in [-0.39, 0.29) is 13.3 Å². The van der Waals surface area contributed by atoms with Crippen LogP contribution in [0.15, 0.2) is 36.4 Å². The zero-order valence-corrected chi connectivity index (χ0v) is 9.95. The summed E-state index contributed by atoms with van der Waals surface area (Å²) in [6, 6.07) is 8.91. The lowest BCUT2D eigenvalue weighted by Crippen LogP contribution is -2.02. The van der Waals surface area contributed by atoms with Crippen molar-refractivity contribution in [2.45, 2.75) is 6.54 Å². The third-order valence-electron chi connectivity index (χ3n) is 2.87. The van der Waals surface area contributed by atoms with Crippen LogP contribution in [0.1, 0.15) is 5.56 Å². The van der Waals surface area contributed by atoms with Crippen LogP contribution in [-0.4, -0.2) is 6.79 Å². The highest BCUT2D eigenvalue weighted by Gasteiger charge is 2.13. The van der Waals surface area contributed by atoms with Crippen molar-refractivity contribution in [3.8, 4) is 11.5 Å². The summed E-state index contributed by atoms with van der Waals surface area (Å²) in [5.74, 6) is 0.209. The highest BCUT2D eigenvalue weighted by atomic mass is 19.1. The van der Waals surface area contributed by atoms with Gasteiger partial charge in [0.1, 0.15) is 11.6 Å². The van der Waals surface area contributed by atoms with Gasteiger partial charge in [-0.2, -0.15) is 0 Å². The van der Waals surface area contributed by atoms with Gasteiger partial charge in [-0.1, -0.05) is 6.07 Å². The van der Waals surface area contributed by atoms with Gasteiger partial charge in [-0.25, -0.2) is 8.78 Å². The highest BCUT2D eigenvalue weighted by molar-refractivity contribution is 5.55. The van der Waals surface area contributed by atoms with Crippen LogP contribution in [0.25, 0.3) is 0 Å². The molecule has 0 saturated heterocycles. The predicted molar refractivity (Wildman–Crippen MR) is 66.2 cm³/mol. The molecule has 0 radical (unpaired) electrons. The van der Waals surface area contributed by atoms with Crippen molar-refractivity contribution in [3.63, 3.8) is 0 Å². The van der Waals surface area contributed by atoms with Crippen LogP contribution in [0.3, 0.4) is 0 Å². The van der Waals surface area contributed by atoms with Crippen LogP contribution in [0, 0.1) is 11.6 Å². The number of anilines is 1. The zero-order chi connectivity index (χ0) is 13.2. The number of hydrogen-bond donors (Lipinski definition) is 1. The molecule has 2 aromatic carbocycles. The number of ether oxygens (including phenoxy) is 2. The van der Waals surface area contributed by atoms with Crippen molar-refractivity contribution in [1.82, 2.24) is 0 Å². The van der Waals surface area contributed by atoms with Gasteiger partial charge in [0.25, 0.3) is 0 Å². The van der Waals surface area contributed by atoms with Crippen LogP contribution < -0.4 is 14.8 Å². The van der Waals surface area contributed by atoms with Crippen molar-refractivity contribution in [1.29, 1.82) is 0 Å². The maximum Gasteiger partial charge on any atom is 0.231 e. The Balaban J connectivity index is 1.72. The average molecular weight is 263 g/mol. The van der Waals surface area contributed by atoms with Crippen LogP contribution in [0.4, 0.5) is 14.5 Å². The maximum atomic E-state index is 13.4. The second kappa shape index (κ2) is 4.76. The highest BCUT2D eigenvalue weighted by Crippen LogP contribution is 2.34. The number of benzene rings is 2. The topological polar surface area (TPSA) is 30.5 Å². The van der Waals surface area contributed by atoms with E-state index in [0.29, 0.717) is 17.1 Å². The van der Waals surface area contributed by atoms with Gasteiger partial charge in [0.2, 0.25) is 6.79 Å². The first kappa shape index (κ1) is 11.8. The summed E-state index contributed by atoms with van der Waals surface area (Å²) in [5.41, 5.74) is 1.19. The van der Waals surface area contributed by atoms with Gasteiger partial charge in [-0.05, 0) is 18.2 Å². The first-order chi connectivity index (χ1) is 9.22. The summed E-state index contributed by atoms with van der Waals surface area (Å²) in [6.45, 7) is 0.483. The Morgan fingerprint density at radius 2 is 1.84 bits per heavy atom. The number of hydrogen-bond acceptors (Lipinski definition) is 3. The fourth-order valence-electron chi connectivity index (χ4n) is 1.87. The minimum absolute atomic E-state index is 0.214. The Hall–Kier alpha value is -2.30. The summed E-state index contributed by atoms with van der Waals surface area (Å²) >= 11 is 0. The Bertz CT molecular complexity index is 616. The molecule has 1 heterocycles. The molecule has 3 nitrogen and oxygen atoms in total. The van der Waals surface area contributed by atoms with Gasteiger partial charge in [-0.3, -0.25) is 0 Å². The van der Waals surface area contributed by atoms with Crippen LogP contribution in [-0.2, 0) is 6.54 Å². The first-order valence-electron chi connectivity index (χ1n) is 5.80. The molecule has 0 unspecified atom stereocenters. The van der Waals surface area contributed by atoms with E-state index >= 15 is 0 Å². The molecule has 1 aliphatic rings. The lowest BCUT2D eigenvalue weighted by molar-refractivity contribution is 0.174. The molecule has 0 aliphatic carbocycles. The Morgan fingerprint density at radius 3 is 2.68 bits per heavy atom. The largest absolute Gasteiger partial charge is 0.454 e. The second-order valence-electron chi connectivity index (χ2n) is 4.16. The Labute approximate surface area is 108 Å². The summed E-state index contributed by atoms with van der Waals surface area (Å²) in [4.78, 5) is 0. The fraction of sp³-hybridized carbons (Fsp3) is 0.143. The van der Waals surface area contributed by atoms with Crippen molar-refractivity contribution in [2.24, 2.45) is 0 Å². The molecule has 0 bridgehead atoms. The van der Waals surface area contributed by atoms with E-state index in [1.165, 1.54) is 12.1 Å². The Kier molecular flexibility index (Phi) is 2.95. The number of halogens is 2. The third-order valence-corrected chi connectivity index (χ3v) is 2.87. The van der Waals surface area contributed by atoms with Gasteiger partial charge < -0.3 is 14.8 Å². The van der Waals surface area contributed by atoms with Crippen molar-refractivity contribution < 1.29 is 18.3 Å². The van der Waals surface area contributed by atoms with Crippen LogP contribution in [0.5, 0.6) is 11.5 Å². The summed E-state index contributed by atoms with van der Waals surface area (Å²) in [7, 11) is 0. The lowest BCUT2D eigenvalue weighted by Gasteiger charge is -2.08.